The molecule has 98 heavy (non-hydrogen) atoms. The van der Waals surface area contributed by atoms with Gasteiger partial charge in [0, 0.05) is 140 Å². The van der Waals surface area contributed by atoms with E-state index in [0.29, 0.717) is 90.9 Å². The predicted octanol–water partition coefficient (Wildman–Crippen LogP) is 4.74. The summed E-state index contributed by atoms with van der Waals surface area (Å²) in [5.41, 5.74) is -2.94. The number of anilines is 4. The summed E-state index contributed by atoms with van der Waals surface area (Å²) in [6, 6.07) is 6.03. The molecule has 0 aromatic carbocycles. The number of halogens is 1. The van der Waals surface area contributed by atoms with Gasteiger partial charge in [0.15, 0.2) is 28.2 Å². The number of hydrogen-bond acceptors (Lipinski definition) is 15. The van der Waals surface area contributed by atoms with Crippen LogP contribution in [-0.4, -0.2) is 183 Å². The number of amides is 7. The number of fused-ring (bicyclic) bond motifs is 5. The minimum absolute atomic E-state index is 0.0565. The average Bonchev–Trinajstić information content (AvgIpc) is 1.33. The number of carbonyl (C=O) groups is 9. The van der Waals surface area contributed by atoms with E-state index < -0.39 is 63.7 Å². The molecule has 3 fully saturated rings. The van der Waals surface area contributed by atoms with Gasteiger partial charge in [-0.1, -0.05) is 25.5 Å². The van der Waals surface area contributed by atoms with Crippen LogP contribution in [0.25, 0.3) is 0 Å². The Morgan fingerprint density at radius 1 is 0.673 bits per heavy atom. The molecular weight excluding hydrogens is 1300 g/mol. The van der Waals surface area contributed by atoms with E-state index in [2.05, 4.69) is 57.7 Å². The molecule has 4 aliphatic carbocycles. The molecule has 528 valence electrons. The fourth-order valence-electron chi connectivity index (χ4n) is 14.8. The molecule has 11 N–H and O–H groups in total. The van der Waals surface area contributed by atoms with E-state index in [9.17, 15) is 53.4 Å². The maximum atomic E-state index is 17.6. The summed E-state index contributed by atoms with van der Waals surface area (Å²) in [6.07, 6.45) is 16.0. The molecule has 4 aliphatic rings. The Morgan fingerprint density at radius 3 is 1.76 bits per heavy atom. The number of allylic oxidation sites excluding steroid dienone is 4. The molecule has 30 heteroatoms. The first-order chi connectivity index (χ1) is 46.5. The highest BCUT2D eigenvalue weighted by atomic mass is 32.2. The highest BCUT2D eigenvalue weighted by Gasteiger charge is 2.75. The smallest absolute Gasteiger partial charge is 0.287 e. The molecule has 9 rings (SSSR count). The van der Waals surface area contributed by atoms with Crippen LogP contribution in [-0.2, 0) is 54.4 Å². The van der Waals surface area contributed by atoms with Crippen LogP contribution in [0.4, 0.5) is 27.1 Å². The Morgan fingerprint density at radius 2 is 1.19 bits per heavy atom. The van der Waals surface area contributed by atoms with Crippen LogP contribution in [0.2, 0.25) is 0 Å². The van der Waals surface area contributed by atoms with Crippen LogP contribution in [0.5, 0.6) is 0 Å². The molecule has 0 radical (unpaired) electrons. The van der Waals surface area contributed by atoms with Crippen molar-refractivity contribution in [1.29, 1.82) is 0 Å². The first kappa shape index (κ1) is 73.5. The highest BCUT2D eigenvalue weighted by Crippen LogP contribution is 2.70. The van der Waals surface area contributed by atoms with Gasteiger partial charge < -0.3 is 85.8 Å². The summed E-state index contributed by atoms with van der Waals surface area (Å²) >= 11 is 6.88. The van der Waals surface area contributed by atoms with Gasteiger partial charge in [0.2, 0.25) is 11.8 Å². The zero-order valence-electron chi connectivity index (χ0n) is 56.9. The first-order valence-electron chi connectivity index (χ1n) is 33.0. The minimum Gasteiger partial charge on any atom is -0.390 e. The number of ketones is 2. The van der Waals surface area contributed by atoms with Gasteiger partial charge in [0.1, 0.15) is 28.4 Å². The summed E-state index contributed by atoms with van der Waals surface area (Å²) in [7, 11) is 10.3. The molecule has 0 bridgehead atoms. The number of rotatable bonds is 30. The van der Waals surface area contributed by atoms with Gasteiger partial charge in [0.25, 0.3) is 29.5 Å². The van der Waals surface area contributed by atoms with Crippen molar-refractivity contribution in [3.63, 3.8) is 0 Å². The summed E-state index contributed by atoms with van der Waals surface area (Å²) < 4.78 is 25.3. The number of aliphatic hydroxyl groups is 2. The molecule has 8 atom stereocenters. The van der Waals surface area contributed by atoms with E-state index >= 15 is 4.39 Å². The predicted molar refractivity (Wildman–Crippen MR) is 374 cm³/mol. The number of aliphatic hydroxyl groups excluding tert-OH is 1. The fraction of sp³-hybridized carbons (Fsp3) is 0.515. The number of Topliss-reactive ketones (excluding diaryl/α,β-unsaturated/α-hetero) is 1. The highest BCUT2D eigenvalue weighted by molar-refractivity contribution is 8.00. The molecule has 0 unspecified atom stereocenters. The van der Waals surface area contributed by atoms with Gasteiger partial charge >= 0.3 is 0 Å². The number of thioether (sulfide) groups is 1. The van der Waals surface area contributed by atoms with Gasteiger partial charge in [0.05, 0.1) is 34.6 Å². The second-order valence-corrected chi connectivity index (χ2v) is 28.2. The van der Waals surface area contributed by atoms with E-state index in [0.717, 1.165) is 19.5 Å². The SMILES string of the molecule is C[C@@H]1C[C@H]2[C@@H]3CCC4=CC(=O)C=C[C@]4(C)[C@@]3(F)[C@@H](O)C[C@]2(C)[C@@]1(O)C(=O)CSCCNC(=S)NCCCN(C)CCCNC(=O)CCNC(=O)c1cc(NC(=O)c2cc(NC(=O)c3cc(NC(=O)c4cc(NC(=O)CCCNC(=O)c5nccn5C)cn4C)cn3C)cn2C)cn1C. The molecule has 27 nitrogen and oxygen atoms in total. The Balaban J connectivity index is 0.607. The number of imidazole rings is 1. The number of aromatic nitrogens is 6. The van der Waals surface area contributed by atoms with Gasteiger partial charge in [-0.3, -0.25) is 43.2 Å². The van der Waals surface area contributed by atoms with Crippen LogP contribution in [0.3, 0.4) is 0 Å². The Labute approximate surface area is 578 Å². The Hall–Kier alpha value is -8.71. The van der Waals surface area contributed by atoms with Crippen molar-refractivity contribution in [3.8, 4) is 0 Å². The van der Waals surface area contributed by atoms with Gasteiger partial charge in [-0.2, -0.15) is 11.8 Å². The third kappa shape index (κ3) is 15.9. The first-order valence-corrected chi connectivity index (χ1v) is 34.6. The van der Waals surface area contributed by atoms with E-state index in [1.165, 1.54) is 63.5 Å². The maximum absolute atomic E-state index is 17.6. The number of carbonyl (C=O) groups excluding carboxylic acids is 9. The van der Waals surface area contributed by atoms with Crippen molar-refractivity contribution in [3.05, 3.63) is 114 Å². The normalized spacial score (nSPS) is 23.0. The molecule has 3 saturated carbocycles. The van der Waals surface area contributed by atoms with E-state index in [1.54, 1.807) is 92.9 Å². The third-order valence-corrected chi connectivity index (χ3v) is 21.2. The topological polar surface area (TPSA) is 343 Å². The number of thiocarbonyl (C=S) groups is 1. The monoisotopic (exact) mass is 1390 g/mol. The molecule has 7 amide bonds. The Bertz CT molecular complexity index is 3940. The fourth-order valence-corrected chi connectivity index (χ4v) is 15.8. The zero-order chi connectivity index (χ0) is 71.0. The van der Waals surface area contributed by atoms with Gasteiger partial charge in [-0.15, -0.1) is 0 Å². The third-order valence-electron chi connectivity index (χ3n) is 20.0. The lowest BCUT2D eigenvalue weighted by molar-refractivity contribution is -0.218. The molecule has 5 aromatic rings. The lowest BCUT2D eigenvalue weighted by atomic mass is 9.44. The quantitative estimate of drug-likeness (QED) is 0.0218. The summed E-state index contributed by atoms with van der Waals surface area (Å²) in [5.74, 6) is -3.75. The van der Waals surface area contributed by atoms with Crippen LogP contribution in [0, 0.1) is 28.6 Å². The number of alkyl halides is 1. The van der Waals surface area contributed by atoms with Gasteiger partial charge in [-0.25, -0.2) is 9.37 Å². The average molecular weight is 1390 g/mol. The second-order valence-electron chi connectivity index (χ2n) is 26.7. The van der Waals surface area contributed by atoms with Gasteiger partial charge in [-0.05, 0) is 132 Å². The molecule has 0 saturated heterocycles. The number of hydrogen-bond donors (Lipinski definition) is 11. The molecule has 5 aromatic heterocycles. The maximum Gasteiger partial charge on any atom is 0.287 e. The zero-order valence-corrected chi connectivity index (χ0v) is 58.6. The second kappa shape index (κ2) is 31.0. The van der Waals surface area contributed by atoms with Crippen LogP contribution in [0.15, 0.2) is 85.2 Å². The largest absolute Gasteiger partial charge is 0.390 e. The molecule has 5 heterocycles. The minimum atomic E-state index is -2.03. The van der Waals surface area contributed by atoms with Crippen LogP contribution >= 0.6 is 24.0 Å². The lowest BCUT2D eigenvalue weighted by Gasteiger charge is -2.62. The number of nitrogens with one attached hydrogen (secondary N) is 9. The van der Waals surface area contributed by atoms with Crippen LogP contribution < -0.4 is 47.9 Å². The van der Waals surface area contributed by atoms with Crippen molar-refractivity contribution < 1.29 is 57.8 Å². The summed E-state index contributed by atoms with van der Waals surface area (Å²) in [5, 5.41) is 50.4. The van der Waals surface area contributed by atoms with Crippen molar-refractivity contribution >= 4 is 105 Å². The molecule has 0 spiro atoms. The molecular formula is C68H91FN16O11S2. The number of nitrogens with zero attached hydrogens (tertiary/aromatic N) is 7. The van der Waals surface area contributed by atoms with Crippen molar-refractivity contribution in [2.45, 2.75) is 95.9 Å². The van der Waals surface area contributed by atoms with Crippen LogP contribution in [0.1, 0.15) is 131 Å². The van der Waals surface area contributed by atoms with Crippen molar-refractivity contribution in [2.75, 3.05) is 85.6 Å². The molecule has 0 aliphatic heterocycles. The van der Waals surface area contributed by atoms with E-state index in [4.69, 9.17) is 12.2 Å². The van der Waals surface area contributed by atoms with Crippen molar-refractivity contribution in [2.24, 2.45) is 63.8 Å². The lowest BCUT2D eigenvalue weighted by Crippen LogP contribution is -2.69. The van der Waals surface area contributed by atoms with E-state index in [-0.39, 0.29) is 102 Å². The van der Waals surface area contributed by atoms with Crippen molar-refractivity contribution in [1.82, 2.24) is 59.3 Å². The number of aryl methyl sites for hydroxylation is 5. The summed E-state index contributed by atoms with van der Waals surface area (Å²) in [6.45, 7) is 8.91. The van der Waals surface area contributed by atoms with E-state index in [1.807, 2.05) is 20.9 Å². The Kier molecular flexibility index (Phi) is 23.3. The summed E-state index contributed by atoms with van der Waals surface area (Å²) in [4.78, 5) is 124. The standard InChI is InChI=1S/C68H91FN16O11S2/c1-41-29-49-48-15-14-42-30-47(86)16-18-65(42,2)67(48,69)54(87)35-66(49,3)68(41,96)55(88)40-98-28-24-75-64(97)74-21-12-26-80(4)25-11-20-70-56(89)17-22-73-59(91)50-32-44(37-82(50)6)77-61(93)52-34-46(39-84(52)8)79-62(94)53-33-45(38-85(53)9)78-60(92)51-31-43(36-83(51)7)76-57(90)13-10-19-72-63(95)58-71-23-27-81(58)5/h16,18,23,27,30-34,36-39,41,48-49,54,87,96H,10-15,17,19-22,24-26,28-29,35,40H2,1-9H3,(H,70,89)(H,72,95)(H,73,91)(H,76,90)(H,77,93)(H,78,92)(H,79,94)(H2,74,75,97)/t41-,48+,49+,54+,65+,66+,67+,68+/m1/s1.